The molecule has 6 nitrogen and oxygen atoms in total. The predicted octanol–water partition coefficient (Wildman–Crippen LogP) is 2.37. The van der Waals surface area contributed by atoms with Gasteiger partial charge in [-0.2, -0.15) is 5.10 Å². The Bertz CT molecular complexity index is 793. The average molecular weight is 341 g/mol. The van der Waals surface area contributed by atoms with Gasteiger partial charge in [0.15, 0.2) is 0 Å². The Hall–Kier alpha value is -2.67. The highest BCUT2D eigenvalue weighted by Gasteiger charge is 2.07. The average Bonchev–Trinajstić information content (AvgIpc) is 3.26. The number of anilines is 1. The molecule has 0 atom stereocenters. The van der Waals surface area contributed by atoms with Gasteiger partial charge in [0.25, 0.3) is 5.91 Å². The molecule has 0 bridgehead atoms. The number of hydrogen-bond donors (Lipinski definition) is 1. The molecule has 2 heterocycles. The summed E-state index contributed by atoms with van der Waals surface area (Å²) in [5.74, 6) is -0.0668. The van der Waals surface area contributed by atoms with Crippen LogP contribution in [0, 0.1) is 0 Å². The van der Waals surface area contributed by atoms with Gasteiger partial charge in [-0.05, 0) is 30.3 Å². The fourth-order valence-corrected chi connectivity index (χ4v) is 3.01. The Morgan fingerprint density at radius 2 is 2.08 bits per heavy atom. The second-order valence-electron chi connectivity index (χ2n) is 5.52. The minimum Gasteiger partial charge on any atom is -0.378 e. The first-order valence-electron chi connectivity index (χ1n) is 7.63. The van der Waals surface area contributed by atoms with Gasteiger partial charge < -0.3 is 10.2 Å². The molecule has 24 heavy (non-hydrogen) atoms. The molecule has 0 aliphatic carbocycles. The van der Waals surface area contributed by atoms with Crippen molar-refractivity contribution in [1.29, 1.82) is 0 Å². The number of nitrogens with one attached hydrogen (secondary N) is 1. The SMILES string of the molecule is CN(C)c1ccc(C(=O)NCCc2csc(-n3cccn3)n2)cc1. The molecule has 0 spiro atoms. The first-order chi connectivity index (χ1) is 11.6. The van der Waals surface area contributed by atoms with Crippen molar-refractivity contribution in [3.8, 4) is 5.13 Å². The predicted molar refractivity (Wildman–Crippen MR) is 96.0 cm³/mol. The van der Waals surface area contributed by atoms with Crippen LogP contribution in [-0.2, 0) is 6.42 Å². The summed E-state index contributed by atoms with van der Waals surface area (Å²) >= 11 is 1.54. The number of benzene rings is 1. The van der Waals surface area contributed by atoms with Crippen LogP contribution in [0.25, 0.3) is 5.13 Å². The molecule has 0 saturated heterocycles. The number of thiazole rings is 1. The van der Waals surface area contributed by atoms with E-state index in [1.54, 1.807) is 10.9 Å². The lowest BCUT2D eigenvalue weighted by Gasteiger charge is -2.12. The van der Waals surface area contributed by atoms with Crippen molar-refractivity contribution >= 4 is 22.9 Å². The highest BCUT2D eigenvalue weighted by molar-refractivity contribution is 7.12. The zero-order chi connectivity index (χ0) is 16.9. The van der Waals surface area contributed by atoms with E-state index in [9.17, 15) is 4.79 Å². The summed E-state index contributed by atoms with van der Waals surface area (Å²) in [6, 6.07) is 9.41. The van der Waals surface area contributed by atoms with E-state index in [-0.39, 0.29) is 5.91 Å². The molecular weight excluding hydrogens is 322 g/mol. The first-order valence-corrected chi connectivity index (χ1v) is 8.51. The van der Waals surface area contributed by atoms with Crippen molar-refractivity contribution in [3.63, 3.8) is 0 Å². The van der Waals surface area contributed by atoms with Crippen LogP contribution in [0.3, 0.4) is 0 Å². The third-order valence-corrected chi connectivity index (χ3v) is 4.43. The topological polar surface area (TPSA) is 63.1 Å². The molecule has 0 aliphatic rings. The molecule has 3 rings (SSSR count). The van der Waals surface area contributed by atoms with E-state index in [4.69, 9.17) is 0 Å². The van der Waals surface area contributed by atoms with Gasteiger partial charge in [0.2, 0.25) is 5.13 Å². The third-order valence-electron chi connectivity index (χ3n) is 3.55. The second kappa shape index (κ2) is 7.27. The van der Waals surface area contributed by atoms with Crippen LogP contribution in [0.15, 0.2) is 48.1 Å². The molecule has 0 fully saturated rings. The summed E-state index contributed by atoms with van der Waals surface area (Å²) in [7, 11) is 3.95. The maximum atomic E-state index is 12.2. The largest absolute Gasteiger partial charge is 0.378 e. The number of hydrogen-bond acceptors (Lipinski definition) is 5. The minimum absolute atomic E-state index is 0.0668. The molecule has 0 saturated carbocycles. The number of amides is 1. The summed E-state index contributed by atoms with van der Waals surface area (Å²) < 4.78 is 1.74. The Labute approximate surface area is 144 Å². The smallest absolute Gasteiger partial charge is 0.251 e. The van der Waals surface area contributed by atoms with Crippen LogP contribution in [-0.4, -0.2) is 41.3 Å². The Morgan fingerprint density at radius 1 is 1.29 bits per heavy atom. The van der Waals surface area contributed by atoms with E-state index in [0.717, 1.165) is 16.5 Å². The number of aromatic nitrogens is 3. The molecular formula is C17H19N5OS. The summed E-state index contributed by atoms with van der Waals surface area (Å²) in [6.07, 6.45) is 4.28. The molecule has 124 valence electrons. The van der Waals surface area contributed by atoms with Gasteiger partial charge in [0.1, 0.15) is 0 Å². The fourth-order valence-electron chi connectivity index (χ4n) is 2.22. The monoisotopic (exact) mass is 341 g/mol. The molecule has 3 aromatic rings. The van der Waals surface area contributed by atoms with Gasteiger partial charge in [-0.15, -0.1) is 11.3 Å². The van der Waals surface area contributed by atoms with Crippen molar-refractivity contribution < 1.29 is 4.79 Å². The van der Waals surface area contributed by atoms with Gasteiger partial charge in [-0.3, -0.25) is 4.79 Å². The molecule has 0 unspecified atom stereocenters. The van der Waals surface area contributed by atoms with Crippen molar-refractivity contribution in [2.45, 2.75) is 6.42 Å². The Balaban J connectivity index is 1.52. The number of rotatable bonds is 6. The molecule has 1 aromatic carbocycles. The highest BCUT2D eigenvalue weighted by atomic mass is 32.1. The fraction of sp³-hybridized carbons (Fsp3) is 0.235. The standard InChI is InChI=1S/C17H19N5OS/c1-21(2)15-6-4-13(5-7-15)16(23)18-10-8-14-12-24-17(20-14)22-11-3-9-19-22/h3-7,9,11-12H,8,10H2,1-2H3,(H,18,23). The van der Waals surface area contributed by atoms with E-state index in [0.29, 0.717) is 18.5 Å². The number of carbonyl (C=O) groups is 1. The second-order valence-corrected chi connectivity index (χ2v) is 6.36. The highest BCUT2D eigenvalue weighted by Crippen LogP contribution is 2.14. The molecule has 1 amide bonds. The van der Waals surface area contributed by atoms with Crippen molar-refractivity contribution in [1.82, 2.24) is 20.1 Å². The van der Waals surface area contributed by atoms with E-state index < -0.39 is 0 Å². The van der Waals surface area contributed by atoms with Crippen LogP contribution in [0.4, 0.5) is 5.69 Å². The Morgan fingerprint density at radius 3 is 2.75 bits per heavy atom. The van der Waals surface area contributed by atoms with E-state index >= 15 is 0 Å². The van der Waals surface area contributed by atoms with Crippen LogP contribution in [0.5, 0.6) is 0 Å². The van der Waals surface area contributed by atoms with Crippen LogP contribution < -0.4 is 10.2 Å². The van der Waals surface area contributed by atoms with E-state index in [2.05, 4.69) is 15.4 Å². The van der Waals surface area contributed by atoms with Crippen molar-refractivity contribution in [2.75, 3.05) is 25.5 Å². The third kappa shape index (κ3) is 3.80. The summed E-state index contributed by atoms with van der Waals surface area (Å²) in [4.78, 5) is 18.7. The maximum absolute atomic E-state index is 12.2. The molecule has 1 N–H and O–H groups in total. The first kappa shape index (κ1) is 16.2. The molecule has 0 aliphatic heterocycles. The van der Waals surface area contributed by atoms with Gasteiger partial charge >= 0.3 is 0 Å². The maximum Gasteiger partial charge on any atom is 0.251 e. The minimum atomic E-state index is -0.0668. The number of nitrogens with zero attached hydrogens (tertiary/aromatic N) is 4. The lowest BCUT2D eigenvalue weighted by Crippen LogP contribution is -2.25. The lowest BCUT2D eigenvalue weighted by molar-refractivity contribution is 0.0954. The summed E-state index contributed by atoms with van der Waals surface area (Å²) in [5, 5.41) is 9.92. The zero-order valence-electron chi connectivity index (χ0n) is 13.6. The summed E-state index contributed by atoms with van der Waals surface area (Å²) in [6.45, 7) is 0.552. The molecule has 7 heteroatoms. The van der Waals surface area contributed by atoms with E-state index in [1.165, 1.54) is 11.3 Å². The van der Waals surface area contributed by atoms with Gasteiger partial charge in [0.05, 0.1) is 5.69 Å². The van der Waals surface area contributed by atoms with Crippen LogP contribution >= 0.6 is 11.3 Å². The van der Waals surface area contributed by atoms with Crippen LogP contribution in [0.2, 0.25) is 0 Å². The molecule has 2 aromatic heterocycles. The lowest BCUT2D eigenvalue weighted by atomic mass is 10.2. The quantitative estimate of drug-likeness (QED) is 0.748. The van der Waals surface area contributed by atoms with Crippen molar-refractivity contribution in [3.05, 3.63) is 59.4 Å². The van der Waals surface area contributed by atoms with E-state index in [1.807, 2.05) is 60.9 Å². The number of carbonyl (C=O) groups excluding carboxylic acids is 1. The van der Waals surface area contributed by atoms with Gasteiger partial charge in [0, 0.05) is 56.1 Å². The van der Waals surface area contributed by atoms with Crippen LogP contribution in [0.1, 0.15) is 16.1 Å². The summed E-state index contributed by atoms with van der Waals surface area (Å²) in [5.41, 5.74) is 2.69. The molecule has 0 radical (unpaired) electrons. The normalized spacial score (nSPS) is 10.6. The zero-order valence-corrected chi connectivity index (χ0v) is 14.5. The van der Waals surface area contributed by atoms with Gasteiger partial charge in [-0.1, -0.05) is 0 Å². The Kier molecular flexibility index (Phi) is 4.90. The van der Waals surface area contributed by atoms with Crippen molar-refractivity contribution in [2.24, 2.45) is 0 Å². The van der Waals surface area contributed by atoms with Gasteiger partial charge in [-0.25, -0.2) is 9.67 Å².